The Bertz CT molecular complexity index is 1450. The average Bonchev–Trinajstić information content (AvgIpc) is 3.79. The molecule has 1 aromatic carbocycles. The normalized spacial score (nSPS) is 24.0. The number of likely N-dealkylation sites (tertiary alicyclic amines) is 3. The molecule has 10 nitrogen and oxygen atoms in total. The van der Waals surface area contributed by atoms with E-state index in [2.05, 4.69) is 27.3 Å². The van der Waals surface area contributed by atoms with Crippen molar-refractivity contribution in [1.82, 2.24) is 29.9 Å². The van der Waals surface area contributed by atoms with Crippen LogP contribution in [0.25, 0.3) is 11.4 Å². The number of benzene rings is 1. The lowest BCUT2D eigenvalue weighted by atomic mass is 9.86. The van der Waals surface area contributed by atoms with Gasteiger partial charge in [-0.25, -0.2) is 4.79 Å². The lowest BCUT2D eigenvalue weighted by Gasteiger charge is -2.31. The third kappa shape index (κ3) is 5.62. The smallest absolute Gasteiger partial charge is 0.410 e. The molecule has 0 aliphatic carbocycles. The van der Waals surface area contributed by atoms with Crippen LogP contribution in [0.4, 0.5) is 4.79 Å². The van der Waals surface area contributed by atoms with Crippen LogP contribution in [0.3, 0.4) is 0 Å². The summed E-state index contributed by atoms with van der Waals surface area (Å²) >= 11 is 0. The maximum Gasteiger partial charge on any atom is 0.410 e. The SMILES string of the molecule is CC(C)(C)OC(=O)N1C[C@H](c2ccccc2)C[C@@H]1C(=O)N1CCC2(CCN(C(=O)c3cc(-c4ccccn4)n[nH]3)C2)C1. The van der Waals surface area contributed by atoms with E-state index in [9.17, 15) is 14.4 Å². The van der Waals surface area contributed by atoms with Crippen LogP contribution in [0, 0.1) is 5.41 Å². The van der Waals surface area contributed by atoms with E-state index in [0.29, 0.717) is 56.2 Å². The highest BCUT2D eigenvalue weighted by Crippen LogP contribution is 2.42. The number of H-pyrrole nitrogens is 1. The van der Waals surface area contributed by atoms with Gasteiger partial charge in [-0.1, -0.05) is 36.4 Å². The molecular weight excluding hydrogens is 532 g/mol. The maximum atomic E-state index is 14.0. The van der Waals surface area contributed by atoms with Gasteiger partial charge in [-0.05, 0) is 63.8 Å². The fourth-order valence-electron chi connectivity index (χ4n) is 6.58. The Hall–Kier alpha value is -4.21. The topological polar surface area (TPSA) is 112 Å². The van der Waals surface area contributed by atoms with Gasteiger partial charge >= 0.3 is 6.09 Å². The van der Waals surface area contributed by atoms with Gasteiger partial charge in [0, 0.05) is 50.3 Å². The fourth-order valence-corrected chi connectivity index (χ4v) is 6.58. The molecule has 1 N–H and O–H groups in total. The van der Waals surface area contributed by atoms with Gasteiger partial charge < -0.3 is 14.5 Å². The van der Waals surface area contributed by atoms with Gasteiger partial charge in [-0.3, -0.25) is 24.6 Å². The first-order chi connectivity index (χ1) is 20.1. The van der Waals surface area contributed by atoms with E-state index >= 15 is 0 Å². The Labute approximate surface area is 246 Å². The quantitative estimate of drug-likeness (QED) is 0.500. The van der Waals surface area contributed by atoms with Gasteiger partial charge in [-0.15, -0.1) is 0 Å². The van der Waals surface area contributed by atoms with Crippen molar-refractivity contribution in [2.45, 2.75) is 57.6 Å². The molecule has 10 heteroatoms. The number of aromatic nitrogens is 3. The number of hydrogen-bond donors (Lipinski definition) is 1. The zero-order valence-corrected chi connectivity index (χ0v) is 24.5. The van der Waals surface area contributed by atoms with Crippen LogP contribution in [-0.2, 0) is 9.53 Å². The molecule has 3 fully saturated rings. The molecule has 6 rings (SSSR count). The predicted molar refractivity (Wildman–Crippen MR) is 156 cm³/mol. The third-order valence-electron chi connectivity index (χ3n) is 8.70. The van der Waals surface area contributed by atoms with Gasteiger partial charge in [0.1, 0.15) is 23.0 Å². The monoisotopic (exact) mass is 570 g/mol. The largest absolute Gasteiger partial charge is 0.444 e. The Kier molecular flexibility index (Phi) is 7.24. The third-order valence-corrected chi connectivity index (χ3v) is 8.70. The minimum Gasteiger partial charge on any atom is -0.444 e. The molecule has 220 valence electrons. The van der Waals surface area contributed by atoms with Crippen molar-refractivity contribution >= 4 is 17.9 Å². The van der Waals surface area contributed by atoms with Gasteiger partial charge in [0.05, 0.1) is 5.69 Å². The Morgan fingerprint density at radius 2 is 1.67 bits per heavy atom. The number of ether oxygens (including phenoxy) is 1. The van der Waals surface area contributed by atoms with E-state index in [4.69, 9.17) is 4.74 Å². The lowest BCUT2D eigenvalue weighted by Crippen LogP contribution is -2.49. The molecule has 5 heterocycles. The number of hydrogen-bond acceptors (Lipinski definition) is 6. The predicted octanol–water partition coefficient (Wildman–Crippen LogP) is 4.33. The van der Waals surface area contributed by atoms with Gasteiger partial charge in [0.25, 0.3) is 5.91 Å². The molecule has 3 aliphatic heterocycles. The molecule has 1 unspecified atom stereocenters. The van der Waals surface area contributed by atoms with Crippen molar-refractivity contribution < 1.29 is 19.1 Å². The molecule has 3 atom stereocenters. The van der Waals surface area contributed by atoms with Gasteiger partial charge in [0.15, 0.2) is 0 Å². The highest BCUT2D eigenvalue weighted by atomic mass is 16.6. The second kappa shape index (κ2) is 10.9. The minimum absolute atomic E-state index is 0.0329. The van der Waals surface area contributed by atoms with E-state index in [1.54, 1.807) is 17.2 Å². The Morgan fingerprint density at radius 3 is 2.38 bits per heavy atom. The van der Waals surface area contributed by atoms with Crippen LogP contribution in [0.2, 0.25) is 0 Å². The van der Waals surface area contributed by atoms with Crippen LogP contribution in [0.15, 0.2) is 60.8 Å². The van der Waals surface area contributed by atoms with Crippen LogP contribution >= 0.6 is 0 Å². The van der Waals surface area contributed by atoms with Gasteiger partial charge in [0.2, 0.25) is 5.91 Å². The van der Waals surface area contributed by atoms with Crippen LogP contribution < -0.4 is 0 Å². The molecule has 2 aromatic heterocycles. The summed E-state index contributed by atoms with van der Waals surface area (Å²) < 4.78 is 5.71. The molecule has 0 saturated carbocycles. The van der Waals surface area contributed by atoms with E-state index in [0.717, 1.165) is 18.4 Å². The van der Waals surface area contributed by atoms with Crippen molar-refractivity contribution in [3.63, 3.8) is 0 Å². The van der Waals surface area contributed by atoms with E-state index < -0.39 is 17.7 Å². The number of carbonyl (C=O) groups is 3. The van der Waals surface area contributed by atoms with Crippen molar-refractivity contribution in [2.75, 3.05) is 32.7 Å². The number of pyridine rings is 1. The Morgan fingerprint density at radius 1 is 0.952 bits per heavy atom. The molecule has 3 amide bonds. The number of nitrogens with zero attached hydrogens (tertiary/aromatic N) is 5. The van der Waals surface area contributed by atoms with Crippen molar-refractivity contribution in [3.05, 3.63) is 72.1 Å². The summed E-state index contributed by atoms with van der Waals surface area (Å²) in [5.74, 6) is -0.0624. The lowest BCUT2D eigenvalue weighted by molar-refractivity contribution is -0.135. The highest BCUT2D eigenvalue weighted by Gasteiger charge is 2.50. The van der Waals surface area contributed by atoms with Crippen LogP contribution in [-0.4, -0.2) is 92.2 Å². The van der Waals surface area contributed by atoms with E-state index in [-0.39, 0.29) is 23.1 Å². The molecular formula is C32H38N6O4. The van der Waals surface area contributed by atoms with Crippen molar-refractivity contribution in [3.8, 4) is 11.4 Å². The maximum absolute atomic E-state index is 14.0. The zero-order chi connectivity index (χ0) is 29.5. The molecule has 1 spiro atoms. The van der Waals surface area contributed by atoms with Crippen molar-refractivity contribution in [1.29, 1.82) is 0 Å². The zero-order valence-electron chi connectivity index (χ0n) is 24.5. The van der Waals surface area contributed by atoms with Crippen LogP contribution in [0.1, 0.15) is 62.0 Å². The first-order valence-electron chi connectivity index (χ1n) is 14.7. The summed E-state index contributed by atoms with van der Waals surface area (Å²) in [6, 6.07) is 16.8. The number of nitrogens with one attached hydrogen (secondary N) is 1. The first kappa shape index (κ1) is 27.9. The fraction of sp³-hybridized carbons (Fsp3) is 0.469. The number of rotatable bonds is 4. The molecule has 3 aliphatic rings. The summed E-state index contributed by atoms with van der Waals surface area (Å²) in [4.78, 5) is 50.3. The molecule has 0 bridgehead atoms. The Balaban J connectivity index is 1.13. The molecule has 0 radical (unpaired) electrons. The number of carbonyl (C=O) groups excluding carboxylic acids is 3. The van der Waals surface area contributed by atoms with Gasteiger partial charge in [-0.2, -0.15) is 5.10 Å². The van der Waals surface area contributed by atoms with Crippen molar-refractivity contribution in [2.24, 2.45) is 5.41 Å². The molecule has 3 saturated heterocycles. The summed E-state index contributed by atoms with van der Waals surface area (Å²) in [6.45, 7) is 8.37. The minimum atomic E-state index is -0.653. The standard InChI is InChI=1S/C32H38N6O4/c1-31(2,3)42-30(41)38-19-23(22-9-5-4-6-10-22)17-27(38)29(40)37-16-13-32(21-37)12-15-36(20-32)28(39)26-18-25(34-35-26)24-11-7-8-14-33-24/h4-11,14,18,23,27H,12-13,15-17,19-21H2,1-3H3,(H,34,35)/t23-,27-,32?/m1/s1. The number of amides is 3. The summed E-state index contributed by atoms with van der Waals surface area (Å²) in [7, 11) is 0. The van der Waals surface area contributed by atoms with E-state index in [1.165, 1.54) is 0 Å². The first-order valence-corrected chi connectivity index (χ1v) is 14.7. The average molecular weight is 571 g/mol. The van der Waals surface area contributed by atoms with E-state index in [1.807, 2.05) is 67.0 Å². The highest BCUT2D eigenvalue weighted by molar-refractivity contribution is 5.93. The molecule has 42 heavy (non-hydrogen) atoms. The summed E-state index contributed by atoms with van der Waals surface area (Å²) in [5, 5.41) is 7.17. The number of aromatic amines is 1. The summed E-state index contributed by atoms with van der Waals surface area (Å²) in [5.41, 5.74) is 2.09. The van der Waals surface area contributed by atoms with Crippen LogP contribution in [0.5, 0.6) is 0 Å². The summed E-state index contributed by atoms with van der Waals surface area (Å²) in [6.07, 6.45) is 3.47. The second-order valence-corrected chi connectivity index (χ2v) is 12.9. The molecule has 3 aromatic rings. The second-order valence-electron chi connectivity index (χ2n) is 12.9.